The van der Waals surface area contributed by atoms with Gasteiger partial charge < -0.3 is 19.4 Å². The molecular weight excluding hydrogens is 964 g/mol. The quantitative estimate of drug-likeness (QED) is 0.0205. The highest BCUT2D eigenvalue weighted by molar-refractivity contribution is 7.47. The Morgan fingerprint density at radius 3 is 1.29 bits per heavy atom. The number of nitrogens with one attached hydrogen (secondary N) is 1. The zero-order valence-electron chi connectivity index (χ0n) is 50.0. The van der Waals surface area contributed by atoms with Gasteiger partial charge in [-0.1, -0.05) is 234 Å². The van der Waals surface area contributed by atoms with E-state index in [4.69, 9.17) is 13.8 Å². The molecule has 3 unspecified atom stereocenters. The minimum atomic E-state index is -4.46. The lowest BCUT2D eigenvalue weighted by molar-refractivity contribution is -0.870. The Labute approximate surface area is 468 Å². The van der Waals surface area contributed by atoms with Crippen molar-refractivity contribution in [2.24, 2.45) is 0 Å². The summed E-state index contributed by atoms with van der Waals surface area (Å²) in [6, 6.07) is -0.874. The fraction of sp³-hybridized carbons (Fsp3) is 0.727. The number of ether oxygens (including phenoxy) is 1. The lowest BCUT2D eigenvalue weighted by Gasteiger charge is -2.27. The van der Waals surface area contributed by atoms with Gasteiger partial charge >= 0.3 is 13.8 Å². The topological polar surface area (TPSA) is 111 Å². The number of carbonyl (C=O) groups is 2. The predicted octanol–water partition coefficient (Wildman–Crippen LogP) is 19.2. The number of amides is 1. The van der Waals surface area contributed by atoms with Gasteiger partial charge in [-0.3, -0.25) is 18.6 Å². The van der Waals surface area contributed by atoms with Gasteiger partial charge in [-0.15, -0.1) is 0 Å². The van der Waals surface area contributed by atoms with E-state index in [1.165, 1.54) is 116 Å². The zero-order chi connectivity index (χ0) is 55.7. The Balaban J connectivity index is 5.36. The van der Waals surface area contributed by atoms with Crippen LogP contribution in [-0.4, -0.2) is 74.3 Å². The van der Waals surface area contributed by atoms with Gasteiger partial charge in [-0.05, 0) is 109 Å². The minimum absolute atomic E-state index is 0.0282. The molecule has 0 aromatic heterocycles. The summed E-state index contributed by atoms with van der Waals surface area (Å²) in [5.41, 5.74) is 0. The van der Waals surface area contributed by atoms with Crippen molar-refractivity contribution in [1.82, 2.24) is 5.32 Å². The molecule has 0 aromatic carbocycles. The summed E-state index contributed by atoms with van der Waals surface area (Å²) in [5.74, 6) is -0.563. The molecule has 76 heavy (non-hydrogen) atoms. The lowest BCUT2D eigenvalue weighted by Crippen LogP contribution is -2.47. The number of likely N-dealkylation sites (N-methyl/N-ethyl adjacent to an activating group) is 1. The van der Waals surface area contributed by atoms with Crippen molar-refractivity contribution in [3.05, 3.63) is 97.2 Å². The maximum Gasteiger partial charge on any atom is 0.472 e. The van der Waals surface area contributed by atoms with Gasteiger partial charge in [0.1, 0.15) is 19.3 Å². The van der Waals surface area contributed by atoms with Crippen molar-refractivity contribution in [3.8, 4) is 0 Å². The predicted molar refractivity (Wildman–Crippen MR) is 327 cm³/mol. The molecule has 0 aliphatic carbocycles. The van der Waals surface area contributed by atoms with Gasteiger partial charge in [0.15, 0.2) is 0 Å². The molecule has 2 N–H and O–H groups in total. The van der Waals surface area contributed by atoms with Crippen molar-refractivity contribution < 1.29 is 37.3 Å². The standard InChI is InChI=1S/C66H117N2O7P/c1-7-10-13-16-19-22-25-28-30-32-33-34-35-37-39-41-44-47-50-53-56-59-66(70)75-64(57-54-51-48-45-42-27-24-21-18-15-12-9-3)63(62-74-76(71,72)73-61-60-68(4,5)6)67-65(69)58-55-52-49-46-43-40-38-36-31-29-26-23-20-17-14-11-8-2/h10,13,19,22,28-31,33-34,37,39,44,47,54,57,63-64H,7-9,11-12,14-18,20-21,23-27,32,35-36,38,40-43,45-46,48-53,55-56,58-62H2,1-6H3,(H-,67,69,71,72)/p+1/b13-10-,22-19-,30-28-,31-29+,34-33-,39-37-,47-44-,57-54+. The molecule has 9 nitrogen and oxygen atoms in total. The van der Waals surface area contributed by atoms with E-state index in [9.17, 15) is 19.0 Å². The van der Waals surface area contributed by atoms with Crippen LogP contribution in [0.3, 0.4) is 0 Å². The Hall–Kier alpha value is -3.07. The molecule has 0 aliphatic heterocycles. The Morgan fingerprint density at radius 1 is 0.474 bits per heavy atom. The van der Waals surface area contributed by atoms with Crippen LogP contribution in [0.25, 0.3) is 0 Å². The third kappa shape index (κ3) is 55.7. The molecule has 0 aliphatic rings. The first kappa shape index (κ1) is 72.9. The van der Waals surface area contributed by atoms with E-state index in [-0.39, 0.29) is 31.5 Å². The van der Waals surface area contributed by atoms with Crippen LogP contribution < -0.4 is 5.32 Å². The number of esters is 1. The van der Waals surface area contributed by atoms with E-state index >= 15 is 0 Å². The van der Waals surface area contributed by atoms with Gasteiger partial charge in [0.2, 0.25) is 5.91 Å². The number of allylic oxidation sites excluding steroid dienone is 15. The van der Waals surface area contributed by atoms with Gasteiger partial charge in [0.25, 0.3) is 0 Å². The number of nitrogens with zero attached hydrogens (tertiary/aromatic N) is 1. The summed E-state index contributed by atoms with van der Waals surface area (Å²) in [4.78, 5) is 37.7. The number of hydrogen-bond donors (Lipinski definition) is 2. The molecule has 0 spiro atoms. The average Bonchev–Trinajstić information content (AvgIpc) is 3.38. The van der Waals surface area contributed by atoms with Crippen molar-refractivity contribution in [2.75, 3.05) is 40.9 Å². The first-order valence-electron chi connectivity index (χ1n) is 31.1. The van der Waals surface area contributed by atoms with Crippen LogP contribution >= 0.6 is 7.82 Å². The number of hydrogen-bond acceptors (Lipinski definition) is 6. The van der Waals surface area contributed by atoms with Gasteiger partial charge in [0, 0.05) is 12.8 Å². The monoisotopic (exact) mass is 1080 g/mol. The maximum absolute atomic E-state index is 13.5. The minimum Gasteiger partial charge on any atom is -0.456 e. The van der Waals surface area contributed by atoms with Crippen LogP contribution in [-0.2, 0) is 27.9 Å². The molecule has 0 heterocycles. The number of phosphoric ester groups is 1. The normalized spacial score (nSPS) is 14.4. The molecule has 0 saturated heterocycles. The molecule has 0 bridgehead atoms. The Bertz CT molecular complexity index is 1620. The second kappa shape index (κ2) is 55.3. The van der Waals surface area contributed by atoms with Crippen LogP contribution in [0.5, 0.6) is 0 Å². The highest BCUT2D eigenvalue weighted by atomic mass is 31.2. The summed E-state index contributed by atoms with van der Waals surface area (Å²) < 4.78 is 30.6. The molecule has 3 atom stereocenters. The fourth-order valence-electron chi connectivity index (χ4n) is 8.47. The highest BCUT2D eigenvalue weighted by Gasteiger charge is 2.30. The third-order valence-electron chi connectivity index (χ3n) is 13.3. The second-order valence-electron chi connectivity index (χ2n) is 21.8. The van der Waals surface area contributed by atoms with Crippen molar-refractivity contribution in [2.45, 2.75) is 270 Å². The van der Waals surface area contributed by atoms with Gasteiger partial charge in [0.05, 0.1) is 33.8 Å². The van der Waals surface area contributed by atoms with E-state index in [2.05, 4.69) is 111 Å². The van der Waals surface area contributed by atoms with E-state index in [1.54, 1.807) is 0 Å². The van der Waals surface area contributed by atoms with E-state index in [0.717, 1.165) is 103 Å². The maximum atomic E-state index is 13.5. The fourth-order valence-corrected chi connectivity index (χ4v) is 9.20. The Morgan fingerprint density at radius 2 is 0.842 bits per heavy atom. The number of unbranched alkanes of at least 4 members (excludes halogenated alkanes) is 25. The molecule has 1 amide bonds. The lowest BCUT2D eigenvalue weighted by atomic mass is 10.0. The Kier molecular flexibility index (Phi) is 53.0. The second-order valence-corrected chi connectivity index (χ2v) is 23.3. The smallest absolute Gasteiger partial charge is 0.456 e. The van der Waals surface area contributed by atoms with Crippen LogP contribution in [0.2, 0.25) is 0 Å². The third-order valence-corrected chi connectivity index (χ3v) is 14.2. The summed E-state index contributed by atoms with van der Waals surface area (Å²) >= 11 is 0. The summed E-state index contributed by atoms with van der Waals surface area (Å²) in [5, 5.41) is 3.04. The summed E-state index contributed by atoms with van der Waals surface area (Å²) in [7, 11) is 1.46. The molecule has 0 fully saturated rings. The largest absolute Gasteiger partial charge is 0.472 e. The van der Waals surface area contributed by atoms with Gasteiger partial charge in [-0.25, -0.2) is 4.57 Å². The first-order chi connectivity index (χ1) is 36.9. The molecule has 0 rings (SSSR count). The van der Waals surface area contributed by atoms with Crippen molar-refractivity contribution in [3.63, 3.8) is 0 Å². The average molecular weight is 1080 g/mol. The van der Waals surface area contributed by atoms with Crippen LogP contribution in [0.4, 0.5) is 0 Å². The van der Waals surface area contributed by atoms with E-state index in [1.807, 2.05) is 33.3 Å². The van der Waals surface area contributed by atoms with Crippen LogP contribution in [0.15, 0.2) is 97.2 Å². The SMILES string of the molecule is CC/C=C\C/C=C\C/C=C\C/C=C\C/C=C\C/C=C\CCCCC(=O)OC(/C=C/CCCCCCCCCCCC)C(COP(=O)(O)OCC[N+](C)(C)C)NC(=O)CCCCCCCCC/C=C/CCCCCCCC. The molecule has 0 aromatic rings. The van der Waals surface area contributed by atoms with Crippen molar-refractivity contribution in [1.29, 1.82) is 0 Å². The molecule has 438 valence electrons. The van der Waals surface area contributed by atoms with Gasteiger partial charge in [-0.2, -0.15) is 0 Å². The van der Waals surface area contributed by atoms with Crippen LogP contribution in [0.1, 0.15) is 258 Å². The first-order valence-corrected chi connectivity index (χ1v) is 32.6. The zero-order valence-corrected chi connectivity index (χ0v) is 50.9. The van der Waals surface area contributed by atoms with E-state index < -0.39 is 20.0 Å². The highest BCUT2D eigenvalue weighted by Crippen LogP contribution is 2.43. The molecular formula is C66H118N2O7P+. The number of phosphoric acid groups is 1. The molecule has 10 heteroatoms. The summed E-state index contributed by atoms with van der Waals surface area (Å²) in [6.45, 7) is 6.86. The van der Waals surface area contributed by atoms with Crippen molar-refractivity contribution >= 4 is 19.7 Å². The number of quaternary nitrogens is 1. The number of rotatable bonds is 55. The van der Waals surface area contributed by atoms with E-state index in [0.29, 0.717) is 23.9 Å². The molecule has 0 saturated carbocycles. The number of carbonyl (C=O) groups excluding carboxylic acids is 2. The summed E-state index contributed by atoms with van der Waals surface area (Å²) in [6.07, 6.45) is 74.0. The van der Waals surface area contributed by atoms with Crippen LogP contribution in [0, 0.1) is 0 Å². The molecule has 0 radical (unpaired) electrons.